The van der Waals surface area contributed by atoms with Gasteiger partial charge in [-0.3, -0.25) is 0 Å². The van der Waals surface area contributed by atoms with E-state index in [0.29, 0.717) is 17.0 Å². The molecule has 0 spiro atoms. The van der Waals surface area contributed by atoms with Crippen LogP contribution in [0.15, 0.2) is 59.1 Å². The van der Waals surface area contributed by atoms with Gasteiger partial charge in [0.2, 0.25) is 0 Å². The zero-order chi connectivity index (χ0) is 16.9. The van der Waals surface area contributed by atoms with Gasteiger partial charge >= 0.3 is 5.97 Å². The first kappa shape index (κ1) is 15.8. The molecule has 0 amide bonds. The third kappa shape index (κ3) is 3.30. The number of carbonyl (C=O) groups excluding carboxylic acids is 1. The van der Waals surface area contributed by atoms with Crippen LogP contribution >= 0.6 is 0 Å². The van der Waals surface area contributed by atoms with Crippen molar-refractivity contribution in [1.29, 1.82) is 0 Å². The Hall–Kier alpha value is -3.08. The van der Waals surface area contributed by atoms with Crippen molar-refractivity contribution in [2.24, 2.45) is 0 Å². The minimum absolute atomic E-state index is 0.168. The van der Waals surface area contributed by atoms with E-state index in [0.717, 1.165) is 16.9 Å². The van der Waals surface area contributed by atoms with Crippen molar-refractivity contribution in [2.45, 2.75) is 13.5 Å². The van der Waals surface area contributed by atoms with Gasteiger partial charge in [0.1, 0.15) is 29.4 Å². The van der Waals surface area contributed by atoms with Crippen LogP contribution in [0.25, 0.3) is 11.3 Å². The van der Waals surface area contributed by atoms with E-state index >= 15 is 0 Å². The van der Waals surface area contributed by atoms with Crippen molar-refractivity contribution in [1.82, 2.24) is 5.16 Å². The second-order valence-corrected chi connectivity index (χ2v) is 5.25. The zero-order valence-corrected chi connectivity index (χ0v) is 13.5. The molecule has 2 aromatic carbocycles. The summed E-state index contributed by atoms with van der Waals surface area (Å²) in [7, 11) is 1.61. The summed E-state index contributed by atoms with van der Waals surface area (Å²) in [5.41, 5.74) is 2.54. The Labute approximate surface area is 139 Å². The number of benzene rings is 2. The van der Waals surface area contributed by atoms with E-state index in [1.807, 2.05) is 54.6 Å². The van der Waals surface area contributed by atoms with Crippen molar-refractivity contribution >= 4 is 5.97 Å². The van der Waals surface area contributed by atoms with Gasteiger partial charge in [-0.15, -0.1) is 0 Å². The van der Waals surface area contributed by atoms with Crippen LogP contribution in [-0.2, 0) is 11.3 Å². The molecule has 0 saturated carbocycles. The number of nitrogens with zero attached hydrogens (tertiary/aromatic N) is 1. The van der Waals surface area contributed by atoms with Crippen LogP contribution in [0.5, 0.6) is 5.75 Å². The fourth-order valence-corrected chi connectivity index (χ4v) is 2.35. The Morgan fingerprint density at radius 2 is 1.79 bits per heavy atom. The standard InChI is InChI=1S/C19H17NO4/c1-13-17(18(20-24-13)15-6-4-3-5-7-15)19(21)23-12-14-8-10-16(22-2)11-9-14/h3-11H,12H2,1-2H3. The highest BCUT2D eigenvalue weighted by Crippen LogP contribution is 2.26. The number of aryl methyl sites for hydroxylation is 1. The van der Waals surface area contributed by atoms with E-state index < -0.39 is 5.97 Å². The molecule has 1 aromatic heterocycles. The lowest BCUT2D eigenvalue weighted by Crippen LogP contribution is -2.07. The van der Waals surface area contributed by atoms with Gasteiger partial charge in [0.15, 0.2) is 0 Å². The molecule has 122 valence electrons. The average molecular weight is 323 g/mol. The average Bonchev–Trinajstić information content (AvgIpc) is 3.02. The normalized spacial score (nSPS) is 10.4. The van der Waals surface area contributed by atoms with E-state index in [-0.39, 0.29) is 6.61 Å². The topological polar surface area (TPSA) is 61.6 Å². The summed E-state index contributed by atoms with van der Waals surface area (Å²) in [5.74, 6) is 0.739. The third-order valence-corrected chi connectivity index (χ3v) is 3.64. The van der Waals surface area contributed by atoms with Gasteiger partial charge in [-0.25, -0.2) is 4.79 Å². The maximum Gasteiger partial charge on any atom is 0.344 e. The van der Waals surface area contributed by atoms with Crippen LogP contribution in [0.1, 0.15) is 21.7 Å². The van der Waals surface area contributed by atoms with Crippen molar-refractivity contribution in [2.75, 3.05) is 7.11 Å². The molecular formula is C19H17NO4. The predicted octanol–water partition coefficient (Wildman–Crippen LogP) is 4.02. The highest BCUT2D eigenvalue weighted by Gasteiger charge is 2.22. The van der Waals surface area contributed by atoms with Crippen molar-refractivity contribution < 1.29 is 18.8 Å². The van der Waals surface area contributed by atoms with Gasteiger partial charge in [-0.1, -0.05) is 47.6 Å². The Morgan fingerprint density at radius 1 is 1.08 bits per heavy atom. The molecule has 0 fully saturated rings. The lowest BCUT2D eigenvalue weighted by atomic mass is 10.1. The van der Waals surface area contributed by atoms with Crippen LogP contribution < -0.4 is 4.74 Å². The highest BCUT2D eigenvalue weighted by molar-refractivity contribution is 5.97. The molecule has 0 aliphatic carbocycles. The fourth-order valence-electron chi connectivity index (χ4n) is 2.35. The molecule has 24 heavy (non-hydrogen) atoms. The first-order valence-corrected chi connectivity index (χ1v) is 7.51. The number of rotatable bonds is 5. The lowest BCUT2D eigenvalue weighted by Gasteiger charge is -2.06. The first-order valence-electron chi connectivity index (χ1n) is 7.51. The van der Waals surface area contributed by atoms with Gasteiger partial charge in [-0.05, 0) is 24.6 Å². The minimum Gasteiger partial charge on any atom is -0.497 e. The van der Waals surface area contributed by atoms with E-state index in [9.17, 15) is 4.79 Å². The summed E-state index contributed by atoms with van der Waals surface area (Å²) in [6, 6.07) is 16.8. The number of esters is 1. The Kier molecular flexibility index (Phi) is 4.61. The van der Waals surface area contributed by atoms with Gasteiger partial charge in [-0.2, -0.15) is 0 Å². The van der Waals surface area contributed by atoms with Crippen LogP contribution in [0.3, 0.4) is 0 Å². The Bertz CT molecular complexity index is 822. The number of hydrogen-bond donors (Lipinski definition) is 0. The number of carbonyl (C=O) groups is 1. The molecule has 0 aliphatic heterocycles. The molecule has 0 N–H and O–H groups in total. The largest absolute Gasteiger partial charge is 0.497 e. The van der Waals surface area contributed by atoms with Gasteiger partial charge in [0.05, 0.1) is 7.11 Å². The van der Waals surface area contributed by atoms with Crippen molar-refractivity contribution in [3.8, 4) is 17.0 Å². The van der Waals surface area contributed by atoms with Crippen LogP contribution in [0.4, 0.5) is 0 Å². The van der Waals surface area contributed by atoms with E-state index in [1.54, 1.807) is 14.0 Å². The molecule has 0 unspecified atom stereocenters. The molecule has 0 saturated heterocycles. The summed E-state index contributed by atoms with van der Waals surface area (Å²) in [6.45, 7) is 1.87. The molecule has 0 atom stereocenters. The zero-order valence-electron chi connectivity index (χ0n) is 13.5. The number of methoxy groups -OCH3 is 1. The Balaban J connectivity index is 1.76. The maximum atomic E-state index is 12.5. The summed E-state index contributed by atoms with van der Waals surface area (Å²) in [4.78, 5) is 12.5. The number of ether oxygens (including phenoxy) is 2. The van der Waals surface area contributed by atoms with Gasteiger partial charge in [0, 0.05) is 5.56 Å². The first-order chi connectivity index (χ1) is 11.7. The van der Waals surface area contributed by atoms with Crippen LogP contribution in [0, 0.1) is 6.92 Å². The molecular weight excluding hydrogens is 306 g/mol. The van der Waals surface area contributed by atoms with Crippen LogP contribution in [-0.4, -0.2) is 18.2 Å². The second-order valence-electron chi connectivity index (χ2n) is 5.25. The van der Waals surface area contributed by atoms with E-state index in [4.69, 9.17) is 14.0 Å². The molecule has 5 nitrogen and oxygen atoms in total. The molecule has 0 radical (unpaired) electrons. The quantitative estimate of drug-likeness (QED) is 0.664. The highest BCUT2D eigenvalue weighted by atomic mass is 16.5. The predicted molar refractivity (Wildman–Crippen MR) is 88.8 cm³/mol. The van der Waals surface area contributed by atoms with Gasteiger partial charge in [0.25, 0.3) is 0 Å². The summed E-state index contributed by atoms with van der Waals surface area (Å²) < 4.78 is 15.7. The summed E-state index contributed by atoms with van der Waals surface area (Å²) >= 11 is 0. The minimum atomic E-state index is -0.455. The molecule has 0 aliphatic rings. The monoisotopic (exact) mass is 323 g/mol. The van der Waals surface area contributed by atoms with Crippen molar-refractivity contribution in [3.63, 3.8) is 0 Å². The molecule has 5 heteroatoms. The molecule has 3 aromatic rings. The summed E-state index contributed by atoms with van der Waals surface area (Å²) in [6.07, 6.45) is 0. The van der Waals surface area contributed by atoms with Gasteiger partial charge < -0.3 is 14.0 Å². The molecule has 3 rings (SSSR count). The fraction of sp³-hybridized carbons (Fsp3) is 0.158. The maximum absolute atomic E-state index is 12.5. The van der Waals surface area contributed by atoms with E-state index in [2.05, 4.69) is 5.16 Å². The van der Waals surface area contributed by atoms with Crippen LogP contribution in [0.2, 0.25) is 0 Å². The number of aromatic nitrogens is 1. The van der Waals surface area contributed by atoms with E-state index in [1.165, 1.54) is 0 Å². The molecule has 0 bridgehead atoms. The SMILES string of the molecule is COc1ccc(COC(=O)c2c(-c3ccccc3)noc2C)cc1. The number of hydrogen-bond acceptors (Lipinski definition) is 5. The third-order valence-electron chi connectivity index (χ3n) is 3.64. The Morgan fingerprint density at radius 3 is 2.46 bits per heavy atom. The second kappa shape index (κ2) is 7.00. The smallest absolute Gasteiger partial charge is 0.344 e. The summed E-state index contributed by atoms with van der Waals surface area (Å²) in [5, 5.41) is 3.99. The molecule has 1 heterocycles. The lowest BCUT2D eigenvalue weighted by molar-refractivity contribution is 0.0471. The van der Waals surface area contributed by atoms with Crippen molar-refractivity contribution in [3.05, 3.63) is 71.5 Å².